The summed E-state index contributed by atoms with van der Waals surface area (Å²) in [4.78, 5) is 4.39. The maximum atomic E-state index is 11.2. The van der Waals surface area contributed by atoms with Gasteiger partial charge in [0.25, 0.3) is 0 Å². The molecule has 19 heavy (non-hydrogen) atoms. The van der Waals surface area contributed by atoms with Crippen molar-refractivity contribution in [3.8, 4) is 0 Å². The predicted molar refractivity (Wildman–Crippen MR) is 81.0 cm³/mol. The van der Waals surface area contributed by atoms with Gasteiger partial charge in [0, 0.05) is 26.2 Å². The lowest BCUT2D eigenvalue weighted by Crippen LogP contribution is -2.38. The molecule has 0 radical (unpaired) electrons. The Morgan fingerprint density at radius 3 is 2.37 bits per heavy atom. The first-order valence-corrected chi connectivity index (χ1v) is 8.70. The quantitative estimate of drug-likeness (QED) is 0.314. The second kappa shape index (κ2) is 11.0. The highest BCUT2D eigenvalue weighted by molar-refractivity contribution is 7.89. The number of guanidine groups is 1. The van der Waals surface area contributed by atoms with Crippen molar-refractivity contribution in [2.75, 3.05) is 31.9 Å². The van der Waals surface area contributed by atoms with E-state index in [4.69, 9.17) is 0 Å². The molecule has 0 rings (SSSR count). The number of hydrogen-bond donors (Lipinski definition) is 3. The van der Waals surface area contributed by atoms with Gasteiger partial charge in [-0.3, -0.25) is 4.99 Å². The lowest BCUT2D eigenvalue weighted by molar-refractivity contribution is 0.581. The molecule has 3 N–H and O–H groups in total. The predicted octanol–water partition coefficient (Wildman–Crippen LogP) is 0.671. The van der Waals surface area contributed by atoms with Crippen molar-refractivity contribution in [2.24, 2.45) is 4.99 Å². The van der Waals surface area contributed by atoms with Crippen molar-refractivity contribution in [2.45, 2.75) is 40.0 Å². The fourth-order valence-electron chi connectivity index (χ4n) is 1.32. The van der Waals surface area contributed by atoms with Crippen LogP contribution in [0.2, 0.25) is 0 Å². The van der Waals surface area contributed by atoms with Crippen LogP contribution in [0.25, 0.3) is 0 Å². The molecule has 0 aromatic rings. The Balaban J connectivity index is 3.90. The van der Waals surface area contributed by atoms with Gasteiger partial charge in [0.1, 0.15) is 0 Å². The molecule has 0 aliphatic rings. The zero-order valence-electron chi connectivity index (χ0n) is 12.3. The molecule has 0 aromatic heterocycles. The third kappa shape index (κ3) is 10.8. The number of rotatable bonds is 10. The summed E-state index contributed by atoms with van der Waals surface area (Å²) >= 11 is 0. The molecule has 0 atom stereocenters. The van der Waals surface area contributed by atoms with Crippen LogP contribution < -0.4 is 15.4 Å². The molecule has 6 nitrogen and oxygen atoms in total. The van der Waals surface area contributed by atoms with E-state index in [-0.39, 0.29) is 5.75 Å². The van der Waals surface area contributed by atoms with Crippen LogP contribution in [0.15, 0.2) is 4.99 Å². The minimum atomic E-state index is -3.08. The van der Waals surface area contributed by atoms with E-state index in [1.165, 1.54) is 0 Å². The van der Waals surface area contributed by atoms with E-state index in [0.29, 0.717) is 19.5 Å². The zero-order chi connectivity index (χ0) is 14.6. The Bertz CT molecular complexity index is 342. The molecule has 114 valence electrons. The molecule has 0 heterocycles. The summed E-state index contributed by atoms with van der Waals surface area (Å²) in [6, 6.07) is 0. The summed E-state index contributed by atoms with van der Waals surface area (Å²) in [6.07, 6.45) is 2.95. The highest BCUT2D eigenvalue weighted by Gasteiger charge is 2.04. The molecule has 0 aliphatic carbocycles. The minimum absolute atomic E-state index is 0.123. The van der Waals surface area contributed by atoms with Gasteiger partial charge in [0.2, 0.25) is 10.0 Å². The molecule has 0 aromatic carbocycles. The van der Waals surface area contributed by atoms with Crippen LogP contribution in [0.3, 0.4) is 0 Å². The monoisotopic (exact) mass is 292 g/mol. The van der Waals surface area contributed by atoms with Crippen LogP contribution in [0, 0.1) is 0 Å². The third-order valence-corrected chi connectivity index (χ3v) is 3.88. The van der Waals surface area contributed by atoms with Crippen molar-refractivity contribution in [3.05, 3.63) is 0 Å². The van der Waals surface area contributed by atoms with E-state index in [0.717, 1.165) is 31.9 Å². The smallest absolute Gasteiger partial charge is 0.211 e. The van der Waals surface area contributed by atoms with Crippen LogP contribution in [-0.2, 0) is 10.0 Å². The Morgan fingerprint density at radius 1 is 1.05 bits per heavy atom. The summed E-state index contributed by atoms with van der Waals surface area (Å²) in [5.41, 5.74) is 0. The summed E-state index contributed by atoms with van der Waals surface area (Å²) in [7, 11) is -3.08. The third-order valence-electron chi connectivity index (χ3n) is 2.47. The molecule has 0 bridgehead atoms. The number of nitrogens with one attached hydrogen (secondary N) is 3. The summed E-state index contributed by atoms with van der Waals surface area (Å²) in [6.45, 7) is 8.56. The first-order valence-electron chi connectivity index (χ1n) is 7.05. The number of unbranched alkanes of at least 4 members (excludes halogenated alkanes) is 1. The highest BCUT2D eigenvalue weighted by Crippen LogP contribution is 1.87. The Hall–Kier alpha value is -0.820. The average Bonchev–Trinajstić information content (AvgIpc) is 2.38. The normalized spacial score (nSPS) is 12.5. The fraction of sp³-hybridized carbons (Fsp3) is 0.917. The van der Waals surface area contributed by atoms with E-state index in [2.05, 4.69) is 27.3 Å². The van der Waals surface area contributed by atoms with Crippen molar-refractivity contribution < 1.29 is 8.42 Å². The van der Waals surface area contributed by atoms with Gasteiger partial charge in [-0.15, -0.1) is 0 Å². The molecule has 0 fully saturated rings. The van der Waals surface area contributed by atoms with Gasteiger partial charge >= 0.3 is 0 Å². The summed E-state index contributed by atoms with van der Waals surface area (Å²) in [5.74, 6) is 0.923. The topological polar surface area (TPSA) is 82.6 Å². The largest absolute Gasteiger partial charge is 0.357 e. The lowest BCUT2D eigenvalue weighted by Gasteiger charge is -2.10. The van der Waals surface area contributed by atoms with Gasteiger partial charge in [-0.05, 0) is 26.7 Å². The van der Waals surface area contributed by atoms with E-state index in [9.17, 15) is 8.42 Å². The second-order valence-electron chi connectivity index (χ2n) is 4.19. The van der Waals surface area contributed by atoms with E-state index < -0.39 is 10.0 Å². The first kappa shape index (κ1) is 18.2. The molecule has 7 heteroatoms. The minimum Gasteiger partial charge on any atom is -0.357 e. The number of hydrogen-bond acceptors (Lipinski definition) is 3. The van der Waals surface area contributed by atoms with Crippen molar-refractivity contribution in [3.63, 3.8) is 0 Å². The molecular weight excluding hydrogens is 264 g/mol. The fourth-order valence-corrected chi connectivity index (χ4v) is 1.98. The van der Waals surface area contributed by atoms with Crippen LogP contribution >= 0.6 is 0 Å². The van der Waals surface area contributed by atoms with E-state index in [1.807, 2.05) is 6.92 Å². The van der Waals surface area contributed by atoms with Gasteiger partial charge in [0.05, 0.1) is 5.75 Å². The van der Waals surface area contributed by atoms with Crippen LogP contribution in [-0.4, -0.2) is 46.3 Å². The van der Waals surface area contributed by atoms with Gasteiger partial charge < -0.3 is 10.6 Å². The van der Waals surface area contributed by atoms with Crippen LogP contribution in [0.1, 0.15) is 40.0 Å². The molecule has 0 unspecified atom stereocenters. The SMILES string of the molecule is CCCCNC(=NCCCNS(=O)(=O)CC)NCC. The van der Waals surface area contributed by atoms with Crippen LogP contribution in [0.4, 0.5) is 0 Å². The van der Waals surface area contributed by atoms with Gasteiger partial charge in [0.15, 0.2) is 5.96 Å². The number of aliphatic imine (C=N–C) groups is 1. The Kier molecular flexibility index (Phi) is 10.6. The summed E-state index contributed by atoms with van der Waals surface area (Å²) < 4.78 is 24.9. The zero-order valence-corrected chi connectivity index (χ0v) is 13.1. The standard InChI is InChI=1S/C12H28N4O2S/c1-4-7-9-14-12(13-5-2)15-10-8-11-16-19(17,18)6-3/h16H,4-11H2,1-3H3,(H2,13,14,15). The van der Waals surface area contributed by atoms with Crippen LogP contribution in [0.5, 0.6) is 0 Å². The average molecular weight is 292 g/mol. The Labute approximate surface area is 117 Å². The Morgan fingerprint density at radius 2 is 1.79 bits per heavy atom. The molecule has 0 saturated heterocycles. The molecular formula is C12H28N4O2S. The second-order valence-corrected chi connectivity index (χ2v) is 6.29. The van der Waals surface area contributed by atoms with E-state index >= 15 is 0 Å². The lowest BCUT2D eigenvalue weighted by atomic mass is 10.3. The summed E-state index contributed by atoms with van der Waals surface area (Å²) in [5, 5.41) is 6.40. The molecule has 0 spiro atoms. The van der Waals surface area contributed by atoms with Gasteiger partial charge in [-0.2, -0.15) is 0 Å². The number of sulfonamides is 1. The molecule has 0 amide bonds. The van der Waals surface area contributed by atoms with Crippen molar-refractivity contribution in [1.82, 2.24) is 15.4 Å². The number of nitrogens with zero attached hydrogens (tertiary/aromatic N) is 1. The van der Waals surface area contributed by atoms with Crippen molar-refractivity contribution in [1.29, 1.82) is 0 Å². The molecule has 0 saturated carbocycles. The highest BCUT2D eigenvalue weighted by atomic mass is 32.2. The molecule has 0 aliphatic heterocycles. The maximum Gasteiger partial charge on any atom is 0.211 e. The van der Waals surface area contributed by atoms with E-state index in [1.54, 1.807) is 6.92 Å². The first-order chi connectivity index (χ1) is 9.05. The van der Waals surface area contributed by atoms with Gasteiger partial charge in [-0.25, -0.2) is 13.1 Å². The van der Waals surface area contributed by atoms with Crippen molar-refractivity contribution >= 4 is 16.0 Å². The van der Waals surface area contributed by atoms with Gasteiger partial charge in [-0.1, -0.05) is 13.3 Å². The maximum absolute atomic E-state index is 11.2.